The fourth-order valence-electron chi connectivity index (χ4n) is 3.27. The first-order chi connectivity index (χ1) is 13.7. The number of pyridine rings is 1. The molecule has 0 N–H and O–H groups in total. The minimum Gasteiger partial charge on any atom is -0.496 e. The molecule has 0 atom stereocenters. The van der Waals surface area contributed by atoms with Gasteiger partial charge in [-0.3, -0.25) is 4.79 Å². The summed E-state index contributed by atoms with van der Waals surface area (Å²) in [5, 5.41) is 0. The van der Waals surface area contributed by atoms with E-state index in [2.05, 4.69) is 4.98 Å². The van der Waals surface area contributed by atoms with Gasteiger partial charge in [-0.25, -0.2) is 4.98 Å². The molecule has 0 saturated carbocycles. The molecular formula is C20H22F3N3O3. The molecule has 2 heterocycles. The third kappa shape index (κ3) is 4.38. The molecule has 1 saturated heterocycles. The highest BCUT2D eigenvalue weighted by Crippen LogP contribution is 2.31. The van der Waals surface area contributed by atoms with Gasteiger partial charge in [0.2, 0.25) is 0 Å². The molecule has 1 aliphatic heterocycles. The largest absolute Gasteiger partial charge is 0.496 e. The van der Waals surface area contributed by atoms with Crippen molar-refractivity contribution in [2.45, 2.75) is 13.1 Å². The molecule has 6 nitrogen and oxygen atoms in total. The number of aromatic nitrogens is 1. The van der Waals surface area contributed by atoms with E-state index >= 15 is 0 Å². The molecule has 0 bridgehead atoms. The zero-order valence-electron chi connectivity index (χ0n) is 16.4. The first-order valence-electron chi connectivity index (χ1n) is 9.04. The second-order valence-electron chi connectivity index (χ2n) is 6.69. The van der Waals surface area contributed by atoms with E-state index in [9.17, 15) is 18.0 Å². The van der Waals surface area contributed by atoms with Crippen LogP contribution in [0.2, 0.25) is 0 Å². The Labute approximate surface area is 166 Å². The molecule has 0 spiro atoms. The predicted octanol–water partition coefficient (Wildman–Crippen LogP) is 3.39. The Morgan fingerprint density at radius 3 is 2.07 bits per heavy atom. The summed E-state index contributed by atoms with van der Waals surface area (Å²) in [6.45, 7) is 3.66. The Hall–Kier alpha value is -2.97. The van der Waals surface area contributed by atoms with Crippen LogP contribution in [0.3, 0.4) is 0 Å². The SMILES string of the molecule is COc1cc(C(=O)N2CCN(c3ccc(C(F)(F)F)cn3)CC2)cc(OC)c1C. The summed E-state index contributed by atoms with van der Waals surface area (Å²) in [7, 11) is 3.07. The van der Waals surface area contributed by atoms with Crippen molar-refractivity contribution >= 4 is 11.7 Å². The number of halogens is 3. The Morgan fingerprint density at radius 1 is 1.03 bits per heavy atom. The number of benzene rings is 1. The maximum atomic E-state index is 12.9. The van der Waals surface area contributed by atoms with Crippen LogP contribution in [0.5, 0.6) is 11.5 Å². The number of nitrogens with zero attached hydrogens (tertiary/aromatic N) is 3. The summed E-state index contributed by atoms with van der Waals surface area (Å²) in [6.07, 6.45) is -3.58. The van der Waals surface area contributed by atoms with Crippen molar-refractivity contribution in [1.29, 1.82) is 0 Å². The number of hydrogen-bond acceptors (Lipinski definition) is 5. The molecule has 0 aliphatic carbocycles. The quantitative estimate of drug-likeness (QED) is 0.775. The van der Waals surface area contributed by atoms with Crippen molar-refractivity contribution in [2.75, 3.05) is 45.3 Å². The van der Waals surface area contributed by atoms with Crippen LogP contribution in [0.1, 0.15) is 21.5 Å². The summed E-state index contributed by atoms with van der Waals surface area (Å²) < 4.78 is 48.7. The highest BCUT2D eigenvalue weighted by Gasteiger charge is 2.31. The van der Waals surface area contributed by atoms with Gasteiger partial charge in [-0.15, -0.1) is 0 Å². The molecule has 1 aromatic carbocycles. The van der Waals surface area contributed by atoms with E-state index in [1.54, 1.807) is 17.0 Å². The van der Waals surface area contributed by atoms with Crippen molar-refractivity contribution in [1.82, 2.24) is 9.88 Å². The fourth-order valence-corrected chi connectivity index (χ4v) is 3.27. The molecule has 9 heteroatoms. The van der Waals surface area contributed by atoms with Gasteiger partial charge in [0, 0.05) is 43.5 Å². The van der Waals surface area contributed by atoms with Gasteiger partial charge in [-0.1, -0.05) is 0 Å². The second-order valence-corrected chi connectivity index (χ2v) is 6.69. The lowest BCUT2D eigenvalue weighted by molar-refractivity contribution is -0.137. The van der Waals surface area contributed by atoms with E-state index in [1.165, 1.54) is 20.3 Å². The molecule has 1 aliphatic rings. The number of rotatable bonds is 4. The van der Waals surface area contributed by atoms with Crippen LogP contribution in [0.25, 0.3) is 0 Å². The zero-order valence-corrected chi connectivity index (χ0v) is 16.4. The summed E-state index contributed by atoms with van der Waals surface area (Å²) in [5.41, 5.74) is 0.493. The number of carbonyl (C=O) groups excluding carboxylic acids is 1. The molecule has 156 valence electrons. The van der Waals surface area contributed by atoms with E-state index in [-0.39, 0.29) is 5.91 Å². The molecule has 0 unspecified atom stereocenters. The van der Waals surface area contributed by atoms with Crippen LogP contribution in [0, 0.1) is 6.92 Å². The summed E-state index contributed by atoms with van der Waals surface area (Å²) in [6, 6.07) is 5.74. The van der Waals surface area contributed by atoms with Gasteiger partial charge in [0.1, 0.15) is 17.3 Å². The van der Waals surface area contributed by atoms with Gasteiger partial charge in [-0.05, 0) is 31.2 Å². The molecule has 1 aromatic heterocycles. The number of anilines is 1. The lowest BCUT2D eigenvalue weighted by atomic mass is 10.1. The highest BCUT2D eigenvalue weighted by molar-refractivity contribution is 5.95. The topological polar surface area (TPSA) is 54.9 Å². The standard InChI is InChI=1S/C20H22F3N3O3/c1-13-16(28-2)10-14(11-17(13)29-3)19(27)26-8-6-25(7-9-26)18-5-4-15(12-24-18)20(21,22)23/h4-5,10-12H,6-9H2,1-3H3. The third-order valence-electron chi connectivity index (χ3n) is 4.97. The number of methoxy groups -OCH3 is 2. The van der Waals surface area contributed by atoms with Crippen molar-refractivity contribution in [3.05, 3.63) is 47.2 Å². The van der Waals surface area contributed by atoms with E-state index < -0.39 is 11.7 Å². The van der Waals surface area contributed by atoms with Gasteiger partial charge in [-0.2, -0.15) is 13.2 Å². The zero-order chi connectivity index (χ0) is 21.2. The third-order valence-corrected chi connectivity index (χ3v) is 4.97. The van der Waals surface area contributed by atoms with Gasteiger partial charge >= 0.3 is 6.18 Å². The molecular weight excluding hydrogens is 387 g/mol. The predicted molar refractivity (Wildman–Crippen MR) is 102 cm³/mol. The fraction of sp³-hybridized carbons (Fsp3) is 0.400. The molecule has 1 amide bonds. The van der Waals surface area contributed by atoms with E-state index in [4.69, 9.17) is 9.47 Å². The lowest BCUT2D eigenvalue weighted by Crippen LogP contribution is -2.49. The van der Waals surface area contributed by atoms with E-state index in [0.717, 1.165) is 17.8 Å². The average molecular weight is 409 g/mol. The van der Waals surface area contributed by atoms with Crippen molar-refractivity contribution in [3.8, 4) is 11.5 Å². The summed E-state index contributed by atoms with van der Waals surface area (Å²) in [4.78, 5) is 20.4. The minimum absolute atomic E-state index is 0.151. The van der Waals surface area contributed by atoms with Gasteiger partial charge < -0.3 is 19.3 Å². The number of alkyl halides is 3. The number of carbonyl (C=O) groups is 1. The van der Waals surface area contributed by atoms with Crippen LogP contribution in [0.15, 0.2) is 30.5 Å². The Morgan fingerprint density at radius 2 is 1.62 bits per heavy atom. The lowest BCUT2D eigenvalue weighted by Gasteiger charge is -2.35. The maximum absolute atomic E-state index is 12.9. The molecule has 3 rings (SSSR count). The van der Waals surface area contributed by atoms with Crippen molar-refractivity contribution in [2.24, 2.45) is 0 Å². The minimum atomic E-state index is -4.41. The first kappa shape index (κ1) is 20.8. The molecule has 29 heavy (non-hydrogen) atoms. The van der Waals surface area contributed by atoms with E-state index in [1.807, 2.05) is 11.8 Å². The van der Waals surface area contributed by atoms with Gasteiger partial charge in [0.25, 0.3) is 5.91 Å². The number of ether oxygens (including phenoxy) is 2. The molecule has 0 radical (unpaired) electrons. The molecule has 1 fully saturated rings. The Bertz CT molecular complexity index is 852. The van der Waals surface area contributed by atoms with Crippen molar-refractivity contribution < 1.29 is 27.4 Å². The number of piperazine rings is 1. The van der Waals surface area contributed by atoms with Crippen LogP contribution in [-0.4, -0.2) is 56.2 Å². The number of amides is 1. The summed E-state index contributed by atoms with van der Waals surface area (Å²) >= 11 is 0. The van der Waals surface area contributed by atoms with Crippen LogP contribution in [0.4, 0.5) is 19.0 Å². The summed E-state index contributed by atoms with van der Waals surface area (Å²) in [5.74, 6) is 1.45. The van der Waals surface area contributed by atoms with Crippen molar-refractivity contribution in [3.63, 3.8) is 0 Å². The normalized spacial score (nSPS) is 14.7. The maximum Gasteiger partial charge on any atom is 0.417 e. The van der Waals surface area contributed by atoms with Crippen LogP contribution < -0.4 is 14.4 Å². The van der Waals surface area contributed by atoms with Crippen LogP contribution in [-0.2, 0) is 6.18 Å². The van der Waals surface area contributed by atoms with Gasteiger partial charge in [0.15, 0.2) is 0 Å². The molecule has 2 aromatic rings. The highest BCUT2D eigenvalue weighted by atomic mass is 19.4. The van der Waals surface area contributed by atoms with Crippen LogP contribution >= 0.6 is 0 Å². The number of hydrogen-bond donors (Lipinski definition) is 0. The smallest absolute Gasteiger partial charge is 0.417 e. The van der Waals surface area contributed by atoms with E-state index in [0.29, 0.717) is 49.1 Å². The Balaban J connectivity index is 1.68. The second kappa shape index (κ2) is 8.18. The average Bonchev–Trinajstić information content (AvgIpc) is 2.73. The monoisotopic (exact) mass is 409 g/mol. The Kier molecular flexibility index (Phi) is 5.86. The first-order valence-corrected chi connectivity index (χ1v) is 9.04. The van der Waals surface area contributed by atoms with Gasteiger partial charge in [0.05, 0.1) is 19.8 Å².